The topological polar surface area (TPSA) is 77.8 Å². The van der Waals surface area contributed by atoms with Gasteiger partial charge in [0.15, 0.2) is 5.76 Å². The van der Waals surface area contributed by atoms with E-state index in [0.29, 0.717) is 5.58 Å². The van der Waals surface area contributed by atoms with Gasteiger partial charge in [0.1, 0.15) is 5.58 Å². The molecule has 0 spiro atoms. The van der Waals surface area contributed by atoms with Gasteiger partial charge in [-0.15, -0.1) is 0 Å². The number of para-hydroxylation sites is 1. The molecule has 0 atom stereocenters. The third kappa shape index (κ3) is 4.69. The van der Waals surface area contributed by atoms with E-state index >= 15 is 0 Å². The Morgan fingerprint density at radius 1 is 0.900 bits per heavy atom. The summed E-state index contributed by atoms with van der Waals surface area (Å²) in [5.41, 5.74) is 7.67. The number of nitrogens with one attached hydrogen (secondary N) is 2. The lowest BCUT2D eigenvalue weighted by atomic mass is 10.1. The second-order valence-corrected chi connectivity index (χ2v) is 7.59. The van der Waals surface area contributed by atoms with Gasteiger partial charge in [-0.05, 0) is 18.6 Å². The molecule has 7 nitrogen and oxygen atoms in total. The fourth-order valence-corrected chi connectivity index (χ4v) is 3.76. The number of hydrogen-bond donors (Lipinski definition) is 2. The molecule has 0 radical (unpaired) electrons. The highest BCUT2D eigenvalue weighted by molar-refractivity contribution is 5.99. The molecule has 30 heavy (non-hydrogen) atoms. The average molecular weight is 406 g/mol. The normalized spacial score (nSPS) is 15.2. The first-order chi connectivity index (χ1) is 14.6. The van der Waals surface area contributed by atoms with E-state index in [9.17, 15) is 9.59 Å². The van der Waals surface area contributed by atoms with Gasteiger partial charge in [-0.25, -0.2) is 0 Å². The summed E-state index contributed by atoms with van der Waals surface area (Å²) in [6.45, 7) is 6.46. The number of carbonyl (C=O) groups excluding carboxylic acids is 2. The van der Waals surface area contributed by atoms with E-state index in [4.69, 9.17) is 4.42 Å². The van der Waals surface area contributed by atoms with E-state index in [1.165, 1.54) is 5.56 Å². The fraction of sp³-hybridized carbons (Fsp3) is 0.304. The molecule has 1 aromatic heterocycles. The van der Waals surface area contributed by atoms with Crippen molar-refractivity contribution in [1.29, 1.82) is 0 Å². The zero-order chi connectivity index (χ0) is 20.9. The van der Waals surface area contributed by atoms with E-state index in [0.717, 1.165) is 43.7 Å². The Morgan fingerprint density at radius 2 is 1.57 bits per heavy atom. The summed E-state index contributed by atoms with van der Waals surface area (Å²) in [5.74, 6) is -0.482. The maximum atomic E-state index is 12.4. The summed E-state index contributed by atoms with van der Waals surface area (Å²) < 4.78 is 5.62. The molecule has 2 aromatic carbocycles. The molecular formula is C23H26N4O3. The van der Waals surface area contributed by atoms with E-state index < -0.39 is 5.91 Å². The van der Waals surface area contributed by atoms with Crippen LogP contribution < -0.4 is 10.9 Å². The van der Waals surface area contributed by atoms with Gasteiger partial charge in [0, 0.05) is 43.7 Å². The minimum atomic E-state index is -0.454. The van der Waals surface area contributed by atoms with Crippen molar-refractivity contribution in [3.8, 4) is 0 Å². The lowest BCUT2D eigenvalue weighted by Crippen LogP contribution is -2.51. The van der Waals surface area contributed by atoms with Crippen molar-refractivity contribution in [2.75, 3.05) is 32.7 Å². The summed E-state index contributed by atoms with van der Waals surface area (Å²) >= 11 is 0. The summed E-state index contributed by atoms with van der Waals surface area (Å²) in [6.07, 6.45) is 0. The molecule has 2 N–H and O–H groups in total. The summed E-state index contributed by atoms with van der Waals surface area (Å²) in [7, 11) is 0. The third-order valence-electron chi connectivity index (χ3n) is 5.45. The molecule has 1 aliphatic heterocycles. The molecule has 0 saturated carbocycles. The van der Waals surface area contributed by atoms with Crippen LogP contribution in [-0.4, -0.2) is 54.3 Å². The van der Waals surface area contributed by atoms with Crippen LogP contribution in [-0.2, 0) is 11.3 Å². The molecule has 0 bridgehead atoms. The Hall–Kier alpha value is -3.16. The van der Waals surface area contributed by atoms with E-state index in [1.807, 2.05) is 37.3 Å². The predicted molar refractivity (Wildman–Crippen MR) is 115 cm³/mol. The maximum absolute atomic E-state index is 12.4. The standard InChI is InChI=1S/C23H26N4O3/c1-17-19-9-5-6-10-20(19)30-22(17)23(29)25-24-21(28)16-27-13-11-26(12-14-27)15-18-7-3-2-4-8-18/h2-10H,11-16H2,1H3,(H,24,28)(H,25,29). The second kappa shape index (κ2) is 9.11. The molecule has 2 amide bonds. The Kier molecular flexibility index (Phi) is 6.11. The van der Waals surface area contributed by atoms with Crippen LogP contribution in [0.1, 0.15) is 21.7 Å². The van der Waals surface area contributed by atoms with Crippen molar-refractivity contribution in [3.05, 3.63) is 71.5 Å². The SMILES string of the molecule is Cc1c(C(=O)NNC(=O)CN2CCN(Cc3ccccc3)CC2)oc2ccccc12. The summed E-state index contributed by atoms with van der Waals surface area (Å²) in [6, 6.07) is 17.9. The molecule has 2 heterocycles. The Bertz CT molecular complexity index is 1020. The number of carbonyl (C=O) groups is 2. The van der Waals surface area contributed by atoms with Gasteiger partial charge in [0.05, 0.1) is 6.54 Å². The number of nitrogens with zero attached hydrogens (tertiary/aromatic N) is 2. The first-order valence-corrected chi connectivity index (χ1v) is 10.2. The monoisotopic (exact) mass is 406 g/mol. The van der Waals surface area contributed by atoms with Crippen LogP contribution in [0.5, 0.6) is 0 Å². The molecule has 3 aromatic rings. The number of benzene rings is 2. The molecule has 1 aliphatic rings. The van der Waals surface area contributed by atoms with Crippen molar-refractivity contribution < 1.29 is 14.0 Å². The Balaban J connectivity index is 1.22. The van der Waals surface area contributed by atoms with Crippen molar-refractivity contribution in [2.45, 2.75) is 13.5 Å². The molecule has 1 saturated heterocycles. The lowest BCUT2D eigenvalue weighted by Gasteiger charge is -2.34. The van der Waals surface area contributed by atoms with Crippen LogP contribution in [0.4, 0.5) is 0 Å². The first kappa shape index (κ1) is 20.1. The third-order valence-corrected chi connectivity index (χ3v) is 5.45. The minimum absolute atomic E-state index is 0.214. The van der Waals surface area contributed by atoms with Crippen LogP contribution in [0.3, 0.4) is 0 Å². The van der Waals surface area contributed by atoms with Crippen molar-refractivity contribution in [1.82, 2.24) is 20.7 Å². The predicted octanol–water partition coefficient (Wildman–Crippen LogP) is 2.32. The van der Waals surface area contributed by atoms with Gasteiger partial charge < -0.3 is 4.42 Å². The fourth-order valence-electron chi connectivity index (χ4n) is 3.76. The zero-order valence-electron chi connectivity index (χ0n) is 17.1. The zero-order valence-corrected chi connectivity index (χ0v) is 17.1. The first-order valence-electron chi connectivity index (χ1n) is 10.2. The quantitative estimate of drug-likeness (QED) is 0.636. The second-order valence-electron chi connectivity index (χ2n) is 7.59. The summed E-state index contributed by atoms with van der Waals surface area (Å²) in [5, 5.41) is 0.891. The van der Waals surface area contributed by atoms with Gasteiger partial charge >= 0.3 is 5.91 Å². The lowest BCUT2D eigenvalue weighted by molar-refractivity contribution is -0.123. The highest BCUT2D eigenvalue weighted by Crippen LogP contribution is 2.24. The van der Waals surface area contributed by atoms with Crippen molar-refractivity contribution in [2.24, 2.45) is 0 Å². The molecule has 0 unspecified atom stereocenters. The van der Waals surface area contributed by atoms with Crippen LogP contribution >= 0.6 is 0 Å². The molecule has 156 valence electrons. The van der Waals surface area contributed by atoms with Gasteiger partial charge in [-0.2, -0.15) is 0 Å². The largest absolute Gasteiger partial charge is 0.451 e. The summed E-state index contributed by atoms with van der Waals surface area (Å²) in [4.78, 5) is 29.2. The van der Waals surface area contributed by atoms with Crippen LogP contribution in [0, 0.1) is 6.92 Å². The van der Waals surface area contributed by atoms with Crippen molar-refractivity contribution in [3.63, 3.8) is 0 Å². The number of aryl methyl sites for hydroxylation is 1. The van der Waals surface area contributed by atoms with Crippen molar-refractivity contribution >= 4 is 22.8 Å². The van der Waals surface area contributed by atoms with Crippen LogP contribution in [0.25, 0.3) is 11.0 Å². The molecular weight excluding hydrogens is 380 g/mol. The number of hydrogen-bond acceptors (Lipinski definition) is 5. The number of rotatable bonds is 5. The molecule has 1 fully saturated rings. The van der Waals surface area contributed by atoms with Crippen LogP contribution in [0.2, 0.25) is 0 Å². The van der Waals surface area contributed by atoms with Crippen LogP contribution in [0.15, 0.2) is 59.0 Å². The van der Waals surface area contributed by atoms with E-state index in [-0.39, 0.29) is 18.2 Å². The number of amides is 2. The number of fused-ring (bicyclic) bond motifs is 1. The van der Waals surface area contributed by atoms with E-state index in [1.54, 1.807) is 0 Å². The number of hydrazine groups is 1. The molecule has 0 aliphatic carbocycles. The highest BCUT2D eigenvalue weighted by atomic mass is 16.3. The minimum Gasteiger partial charge on any atom is -0.451 e. The Labute approximate surface area is 175 Å². The van der Waals surface area contributed by atoms with E-state index in [2.05, 4.69) is 44.9 Å². The van der Waals surface area contributed by atoms with Gasteiger partial charge in [0.2, 0.25) is 0 Å². The Morgan fingerprint density at radius 3 is 2.30 bits per heavy atom. The van der Waals surface area contributed by atoms with Gasteiger partial charge in [-0.1, -0.05) is 48.5 Å². The number of piperazine rings is 1. The van der Waals surface area contributed by atoms with Gasteiger partial charge in [0.25, 0.3) is 5.91 Å². The highest BCUT2D eigenvalue weighted by Gasteiger charge is 2.21. The molecule has 7 heteroatoms. The van der Waals surface area contributed by atoms with Gasteiger partial charge in [-0.3, -0.25) is 30.2 Å². The number of furan rings is 1. The smallest absolute Gasteiger partial charge is 0.305 e. The maximum Gasteiger partial charge on any atom is 0.305 e. The average Bonchev–Trinajstić information content (AvgIpc) is 3.11. The molecule has 4 rings (SSSR count).